The van der Waals surface area contributed by atoms with E-state index >= 15 is 0 Å². The van der Waals surface area contributed by atoms with E-state index in [9.17, 15) is 17.6 Å². The molecule has 1 aliphatic rings. The van der Waals surface area contributed by atoms with Crippen molar-refractivity contribution in [2.45, 2.75) is 18.5 Å². The van der Waals surface area contributed by atoms with Gasteiger partial charge in [0, 0.05) is 35.6 Å². The van der Waals surface area contributed by atoms with Gasteiger partial charge in [0.2, 0.25) is 5.91 Å². The molecule has 0 radical (unpaired) electrons. The summed E-state index contributed by atoms with van der Waals surface area (Å²) in [6.45, 7) is 0. The third kappa shape index (κ3) is 4.48. The van der Waals surface area contributed by atoms with Gasteiger partial charge in [-0.15, -0.1) is 11.3 Å². The fourth-order valence-corrected chi connectivity index (χ4v) is 5.69. The predicted molar refractivity (Wildman–Crippen MR) is 115 cm³/mol. The number of carbonyl (C=O) groups is 1. The second-order valence-corrected chi connectivity index (χ2v) is 10.2. The van der Waals surface area contributed by atoms with Crippen LogP contribution in [0.1, 0.15) is 17.3 Å². The molecular formula is C18H18ClFN6O3S2. The van der Waals surface area contributed by atoms with Gasteiger partial charge in [-0.3, -0.25) is 9.48 Å². The van der Waals surface area contributed by atoms with Crippen LogP contribution in [0.4, 0.5) is 10.1 Å². The van der Waals surface area contributed by atoms with E-state index < -0.39 is 34.0 Å². The van der Waals surface area contributed by atoms with E-state index in [4.69, 9.17) is 11.6 Å². The number of aromatic nitrogens is 3. The smallest absolute Gasteiger partial charge is 0.280 e. The van der Waals surface area contributed by atoms with Gasteiger partial charge in [-0.05, 0) is 30.7 Å². The number of benzene rings is 1. The molecule has 9 nitrogen and oxygen atoms in total. The van der Waals surface area contributed by atoms with Crippen molar-refractivity contribution in [3.8, 4) is 11.4 Å². The molecule has 3 aromatic rings. The van der Waals surface area contributed by atoms with Gasteiger partial charge in [0.1, 0.15) is 18.2 Å². The number of likely N-dealkylation sites (N-methyl/N-ethyl adjacent to an activating group) is 1. The van der Waals surface area contributed by atoms with E-state index in [-0.39, 0.29) is 17.1 Å². The van der Waals surface area contributed by atoms with Crippen LogP contribution in [0.2, 0.25) is 5.02 Å². The first kappa shape index (κ1) is 21.8. The van der Waals surface area contributed by atoms with Crippen LogP contribution in [0.3, 0.4) is 0 Å². The van der Waals surface area contributed by atoms with Crippen molar-refractivity contribution in [2.24, 2.45) is 7.05 Å². The Morgan fingerprint density at radius 3 is 2.81 bits per heavy atom. The summed E-state index contributed by atoms with van der Waals surface area (Å²) in [5.41, 5.74) is 1.04. The Balaban J connectivity index is 1.57. The number of nitrogens with one attached hydrogen (secondary N) is 2. The highest BCUT2D eigenvalue weighted by Crippen LogP contribution is 2.34. The Labute approximate surface area is 187 Å². The molecule has 0 bridgehead atoms. The lowest BCUT2D eigenvalue weighted by Gasteiger charge is -2.35. The number of thiophene rings is 1. The van der Waals surface area contributed by atoms with Crippen molar-refractivity contribution in [3.05, 3.63) is 51.7 Å². The van der Waals surface area contributed by atoms with Crippen molar-refractivity contribution in [2.75, 3.05) is 12.4 Å². The van der Waals surface area contributed by atoms with E-state index in [1.54, 1.807) is 18.1 Å². The van der Waals surface area contributed by atoms with Gasteiger partial charge < -0.3 is 5.32 Å². The number of hydrogen-bond acceptors (Lipinski definition) is 6. The highest BCUT2D eigenvalue weighted by Gasteiger charge is 2.41. The number of amides is 1. The van der Waals surface area contributed by atoms with Gasteiger partial charge in [-0.1, -0.05) is 11.6 Å². The van der Waals surface area contributed by atoms with Gasteiger partial charge in [0.05, 0.1) is 11.1 Å². The van der Waals surface area contributed by atoms with Gasteiger partial charge in [0.25, 0.3) is 10.2 Å². The first-order valence-corrected chi connectivity index (χ1v) is 11.8. The molecule has 1 unspecified atom stereocenters. The molecule has 1 amide bonds. The summed E-state index contributed by atoms with van der Waals surface area (Å²) < 4.78 is 43.8. The monoisotopic (exact) mass is 484 g/mol. The second-order valence-electron chi connectivity index (χ2n) is 7.04. The van der Waals surface area contributed by atoms with Crippen LogP contribution in [0, 0.1) is 5.82 Å². The Morgan fingerprint density at radius 2 is 2.13 bits per heavy atom. The zero-order valence-electron chi connectivity index (χ0n) is 16.4. The fourth-order valence-electron chi connectivity index (χ4n) is 3.22. The summed E-state index contributed by atoms with van der Waals surface area (Å²) in [5, 5.41) is 8.56. The van der Waals surface area contributed by atoms with E-state index in [2.05, 4.69) is 20.1 Å². The van der Waals surface area contributed by atoms with Crippen LogP contribution in [-0.2, 0) is 22.1 Å². The fraction of sp³-hybridized carbons (Fsp3) is 0.278. The van der Waals surface area contributed by atoms with Crippen molar-refractivity contribution < 1.29 is 17.6 Å². The maximum atomic E-state index is 13.4. The minimum atomic E-state index is -3.90. The third-order valence-corrected chi connectivity index (χ3v) is 7.81. The zero-order valence-corrected chi connectivity index (χ0v) is 18.8. The molecule has 1 aliphatic heterocycles. The molecule has 2 atom stereocenters. The Bertz CT molecular complexity index is 1240. The number of aryl methyl sites for hydroxylation is 1. The summed E-state index contributed by atoms with van der Waals surface area (Å²) in [4.78, 5) is 17.8. The van der Waals surface area contributed by atoms with Crippen LogP contribution in [0.5, 0.6) is 0 Å². The standard InChI is InChI=1S/C18H18ClFN6O3S2/c1-25-9-21-17(23-25)10-5-16(30-8-10)14-7-15(26(2)31(28,29)24-14)18(27)22-11-3-4-13(20)12(19)6-11/h3-6,8-9,14-15,24H,7H2,1-2H3,(H,22,27)/t14-,15?/m1/s1. The molecule has 1 aromatic carbocycles. The first-order chi connectivity index (χ1) is 14.6. The quantitative estimate of drug-likeness (QED) is 0.591. The van der Waals surface area contributed by atoms with Crippen molar-refractivity contribution in [3.63, 3.8) is 0 Å². The summed E-state index contributed by atoms with van der Waals surface area (Å²) in [6, 6.07) is 4.00. The van der Waals surface area contributed by atoms with Crippen LogP contribution in [0.15, 0.2) is 36.0 Å². The average molecular weight is 485 g/mol. The number of carbonyl (C=O) groups excluding carboxylic acids is 1. The van der Waals surface area contributed by atoms with Crippen molar-refractivity contribution in [1.82, 2.24) is 23.8 Å². The minimum Gasteiger partial charge on any atom is -0.325 e. The molecular weight excluding hydrogens is 467 g/mol. The van der Waals surface area contributed by atoms with Gasteiger partial charge in [0.15, 0.2) is 5.82 Å². The molecule has 2 N–H and O–H groups in total. The molecule has 1 saturated heterocycles. The molecule has 1 fully saturated rings. The van der Waals surface area contributed by atoms with Crippen LogP contribution in [-0.4, -0.2) is 46.5 Å². The SMILES string of the molecule is CN1C(C(=O)Nc2ccc(F)c(Cl)c2)C[C@H](c2cc(-c3ncn(C)n3)cs2)NS1(=O)=O. The van der Waals surface area contributed by atoms with Gasteiger partial charge >= 0.3 is 0 Å². The van der Waals surface area contributed by atoms with E-state index in [1.807, 2.05) is 11.4 Å². The lowest BCUT2D eigenvalue weighted by Crippen LogP contribution is -2.55. The molecule has 0 aliphatic carbocycles. The van der Waals surface area contributed by atoms with Crippen LogP contribution < -0.4 is 10.0 Å². The molecule has 31 heavy (non-hydrogen) atoms. The normalized spacial score (nSPS) is 21.2. The number of hydrogen-bond donors (Lipinski definition) is 2. The van der Waals surface area contributed by atoms with Crippen LogP contribution >= 0.6 is 22.9 Å². The Morgan fingerprint density at radius 1 is 1.35 bits per heavy atom. The second kappa shape index (κ2) is 8.28. The number of rotatable bonds is 4. The number of nitrogens with zero attached hydrogens (tertiary/aromatic N) is 4. The minimum absolute atomic E-state index is 0.142. The Kier molecular flexibility index (Phi) is 5.83. The number of anilines is 1. The summed E-state index contributed by atoms with van der Waals surface area (Å²) in [7, 11) is -0.816. The summed E-state index contributed by atoms with van der Waals surface area (Å²) in [5.74, 6) is -0.621. The molecule has 3 heterocycles. The van der Waals surface area contributed by atoms with E-state index in [0.29, 0.717) is 5.82 Å². The van der Waals surface area contributed by atoms with Crippen molar-refractivity contribution >= 4 is 44.7 Å². The summed E-state index contributed by atoms with van der Waals surface area (Å²) >= 11 is 7.12. The topological polar surface area (TPSA) is 109 Å². The lowest BCUT2D eigenvalue weighted by atomic mass is 10.0. The predicted octanol–water partition coefficient (Wildman–Crippen LogP) is 2.55. The van der Waals surface area contributed by atoms with Gasteiger partial charge in [-0.25, -0.2) is 9.37 Å². The molecule has 2 aromatic heterocycles. The number of halogens is 2. The molecule has 164 valence electrons. The largest absolute Gasteiger partial charge is 0.325 e. The summed E-state index contributed by atoms with van der Waals surface area (Å²) in [6.07, 6.45) is 1.78. The van der Waals surface area contributed by atoms with E-state index in [0.717, 1.165) is 20.8 Å². The molecule has 4 rings (SSSR count). The van der Waals surface area contributed by atoms with Crippen molar-refractivity contribution in [1.29, 1.82) is 0 Å². The van der Waals surface area contributed by atoms with Gasteiger partial charge in [-0.2, -0.15) is 22.5 Å². The highest BCUT2D eigenvalue weighted by molar-refractivity contribution is 7.87. The zero-order chi connectivity index (χ0) is 22.3. The van der Waals surface area contributed by atoms with Crippen LogP contribution in [0.25, 0.3) is 11.4 Å². The maximum absolute atomic E-state index is 13.4. The first-order valence-electron chi connectivity index (χ1n) is 9.09. The highest BCUT2D eigenvalue weighted by atomic mass is 35.5. The molecule has 0 saturated carbocycles. The molecule has 13 heteroatoms. The van der Waals surface area contributed by atoms with E-state index in [1.165, 1.54) is 30.5 Å². The molecule has 0 spiro atoms. The maximum Gasteiger partial charge on any atom is 0.280 e. The lowest BCUT2D eigenvalue weighted by molar-refractivity contribution is -0.120. The Hall–Kier alpha value is -2.38. The third-order valence-electron chi connectivity index (χ3n) is 4.88. The average Bonchev–Trinajstić information content (AvgIpc) is 3.35.